The Morgan fingerprint density at radius 1 is 1.23 bits per heavy atom. The van der Waals surface area contributed by atoms with Gasteiger partial charge in [-0.15, -0.1) is 0 Å². The van der Waals surface area contributed by atoms with E-state index in [1.54, 1.807) is 7.11 Å². The first kappa shape index (κ1) is 17.3. The quantitative estimate of drug-likeness (QED) is 0.836. The van der Waals surface area contributed by atoms with Gasteiger partial charge < -0.3 is 19.7 Å². The van der Waals surface area contributed by atoms with Gasteiger partial charge in [0.25, 0.3) is 0 Å². The second kappa shape index (κ2) is 7.65. The van der Waals surface area contributed by atoms with Crippen LogP contribution in [0.2, 0.25) is 0 Å². The standard InChI is InChI=1S/C19H26N4O3/c1-25-15-5-3-14(4-6-15)23-17-7-12-26-13-16(17)18(21-23)19(24)22-10-2-8-20-9-11-22/h3-6,18,20-21H,2,7-13H2,1H3. The number of ether oxygens (including phenoxy) is 2. The largest absolute Gasteiger partial charge is 0.497 e. The monoisotopic (exact) mass is 358 g/mol. The van der Waals surface area contributed by atoms with Gasteiger partial charge in [-0.3, -0.25) is 9.80 Å². The van der Waals surface area contributed by atoms with E-state index < -0.39 is 0 Å². The van der Waals surface area contributed by atoms with Crippen molar-refractivity contribution in [2.45, 2.75) is 18.9 Å². The zero-order chi connectivity index (χ0) is 17.9. The molecule has 2 N–H and O–H groups in total. The molecule has 1 fully saturated rings. The molecule has 1 saturated heterocycles. The smallest absolute Gasteiger partial charge is 0.245 e. The summed E-state index contributed by atoms with van der Waals surface area (Å²) < 4.78 is 10.9. The SMILES string of the molecule is COc1ccc(N2NC(C(=O)N3CCCNCC3)C3=C2CCOC3)cc1. The molecule has 0 bridgehead atoms. The molecule has 1 unspecified atom stereocenters. The van der Waals surface area contributed by atoms with E-state index >= 15 is 0 Å². The van der Waals surface area contributed by atoms with Gasteiger partial charge in [0.2, 0.25) is 5.91 Å². The number of methoxy groups -OCH3 is 1. The molecule has 3 aliphatic rings. The van der Waals surface area contributed by atoms with Crippen molar-refractivity contribution in [1.29, 1.82) is 0 Å². The van der Waals surface area contributed by atoms with Gasteiger partial charge in [-0.2, -0.15) is 0 Å². The highest BCUT2D eigenvalue weighted by atomic mass is 16.5. The number of nitrogens with one attached hydrogen (secondary N) is 2. The lowest BCUT2D eigenvalue weighted by Gasteiger charge is -2.26. The first-order valence-electron chi connectivity index (χ1n) is 9.27. The highest BCUT2D eigenvalue weighted by Gasteiger charge is 2.39. The second-order valence-electron chi connectivity index (χ2n) is 6.80. The highest BCUT2D eigenvalue weighted by Crippen LogP contribution is 2.33. The third-order valence-corrected chi connectivity index (χ3v) is 5.22. The molecular formula is C19H26N4O3. The Morgan fingerprint density at radius 2 is 2.08 bits per heavy atom. The average Bonchev–Trinajstić information content (AvgIpc) is 2.87. The van der Waals surface area contributed by atoms with Crippen LogP contribution in [0.15, 0.2) is 35.5 Å². The summed E-state index contributed by atoms with van der Waals surface area (Å²) in [5.74, 6) is 0.960. The molecule has 7 heteroatoms. The van der Waals surface area contributed by atoms with Crippen LogP contribution < -0.4 is 20.5 Å². The lowest BCUT2D eigenvalue weighted by atomic mass is 10.0. The molecule has 1 aromatic rings. The molecule has 7 nitrogen and oxygen atoms in total. The molecule has 26 heavy (non-hydrogen) atoms. The summed E-state index contributed by atoms with van der Waals surface area (Å²) in [5, 5.41) is 5.40. The van der Waals surface area contributed by atoms with Gasteiger partial charge in [-0.05, 0) is 37.2 Å². The number of nitrogens with zero attached hydrogens (tertiary/aromatic N) is 2. The number of hydrogen-bond acceptors (Lipinski definition) is 6. The molecule has 140 valence electrons. The minimum absolute atomic E-state index is 0.141. The van der Waals surface area contributed by atoms with Gasteiger partial charge in [-0.25, -0.2) is 5.43 Å². The Labute approximate surface area is 153 Å². The van der Waals surface area contributed by atoms with Gasteiger partial charge in [0, 0.05) is 37.3 Å². The van der Waals surface area contributed by atoms with E-state index in [1.165, 1.54) is 0 Å². The maximum absolute atomic E-state index is 13.2. The van der Waals surface area contributed by atoms with Crippen molar-refractivity contribution in [1.82, 2.24) is 15.6 Å². The fraction of sp³-hybridized carbons (Fsp3) is 0.526. The summed E-state index contributed by atoms with van der Waals surface area (Å²) in [5.41, 5.74) is 6.66. The summed E-state index contributed by atoms with van der Waals surface area (Å²) in [6, 6.07) is 7.55. The molecule has 0 aliphatic carbocycles. The van der Waals surface area contributed by atoms with E-state index in [-0.39, 0.29) is 11.9 Å². The van der Waals surface area contributed by atoms with E-state index in [9.17, 15) is 4.79 Å². The first-order chi connectivity index (χ1) is 12.8. The summed E-state index contributed by atoms with van der Waals surface area (Å²) in [7, 11) is 1.66. The normalized spacial score (nSPS) is 23.7. The van der Waals surface area contributed by atoms with E-state index in [0.29, 0.717) is 13.2 Å². The van der Waals surface area contributed by atoms with Crippen LogP contribution in [0.4, 0.5) is 5.69 Å². The fourth-order valence-corrected chi connectivity index (χ4v) is 3.80. The third kappa shape index (κ3) is 3.30. The predicted molar refractivity (Wildman–Crippen MR) is 98.9 cm³/mol. The van der Waals surface area contributed by atoms with Gasteiger partial charge in [0.1, 0.15) is 11.8 Å². The molecule has 0 radical (unpaired) electrons. The maximum atomic E-state index is 13.2. The summed E-state index contributed by atoms with van der Waals surface area (Å²) in [6.07, 6.45) is 1.79. The number of hydrogen-bond donors (Lipinski definition) is 2. The summed E-state index contributed by atoms with van der Waals surface area (Å²) in [6.45, 7) is 4.57. The predicted octanol–water partition coefficient (Wildman–Crippen LogP) is 0.885. The van der Waals surface area contributed by atoms with Crippen molar-refractivity contribution < 1.29 is 14.3 Å². The van der Waals surface area contributed by atoms with Crippen molar-refractivity contribution in [3.8, 4) is 5.75 Å². The van der Waals surface area contributed by atoms with Crippen LogP contribution in [-0.4, -0.2) is 63.4 Å². The second-order valence-corrected chi connectivity index (χ2v) is 6.80. The van der Waals surface area contributed by atoms with E-state index in [1.807, 2.05) is 29.2 Å². The molecular weight excluding hydrogens is 332 g/mol. The molecule has 1 atom stereocenters. The number of carbonyl (C=O) groups excluding carboxylic acids is 1. The fourth-order valence-electron chi connectivity index (χ4n) is 3.80. The Hall–Kier alpha value is -2.09. The minimum atomic E-state index is -0.342. The molecule has 4 rings (SSSR count). The number of anilines is 1. The van der Waals surface area contributed by atoms with Gasteiger partial charge >= 0.3 is 0 Å². The van der Waals surface area contributed by atoms with E-state index in [4.69, 9.17) is 9.47 Å². The van der Waals surface area contributed by atoms with Crippen LogP contribution in [-0.2, 0) is 9.53 Å². The van der Waals surface area contributed by atoms with Crippen LogP contribution in [0.3, 0.4) is 0 Å². The van der Waals surface area contributed by atoms with Crippen molar-refractivity contribution in [3.05, 3.63) is 35.5 Å². The van der Waals surface area contributed by atoms with Crippen LogP contribution in [0, 0.1) is 0 Å². The van der Waals surface area contributed by atoms with Gasteiger partial charge in [0.05, 0.1) is 26.0 Å². The minimum Gasteiger partial charge on any atom is -0.497 e. The van der Waals surface area contributed by atoms with Crippen LogP contribution >= 0.6 is 0 Å². The lowest BCUT2D eigenvalue weighted by molar-refractivity contribution is -0.132. The molecule has 0 saturated carbocycles. The van der Waals surface area contributed by atoms with E-state index in [2.05, 4.69) is 15.8 Å². The lowest BCUT2D eigenvalue weighted by Crippen LogP contribution is -2.49. The average molecular weight is 358 g/mol. The van der Waals surface area contributed by atoms with Crippen molar-refractivity contribution in [2.24, 2.45) is 0 Å². The zero-order valence-corrected chi connectivity index (χ0v) is 15.2. The molecule has 3 aliphatic heterocycles. The topological polar surface area (TPSA) is 66.1 Å². The van der Waals surface area contributed by atoms with Crippen molar-refractivity contribution >= 4 is 11.6 Å². The summed E-state index contributed by atoms with van der Waals surface area (Å²) in [4.78, 5) is 15.2. The van der Waals surface area contributed by atoms with Gasteiger partial charge in [0.15, 0.2) is 0 Å². The molecule has 3 heterocycles. The molecule has 1 amide bonds. The molecule has 0 spiro atoms. The first-order valence-corrected chi connectivity index (χ1v) is 9.27. The molecule has 0 aromatic heterocycles. The Balaban J connectivity index is 1.58. The third-order valence-electron chi connectivity index (χ3n) is 5.22. The number of rotatable bonds is 3. The Bertz CT molecular complexity index is 681. The highest BCUT2D eigenvalue weighted by molar-refractivity contribution is 5.87. The Kier molecular flexibility index (Phi) is 5.10. The van der Waals surface area contributed by atoms with Crippen molar-refractivity contribution in [2.75, 3.05) is 51.5 Å². The molecule has 1 aromatic carbocycles. The van der Waals surface area contributed by atoms with E-state index in [0.717, 1.165) is 61.7 Å². The number of carbonyl (C=O) groups is 1. The number of amides is 1. The number of benzene rings is 1. The Morgan fingerprint density at radius 3 is 2.88 bits per heavy atom. The van der Waals surface area contributed by atoms with Crippen molar-refractivity contribution in [3.63, 3.8) is 0 Å². The zero-order valence-electron chi connectivity index (χ0n) is 15.2. The van der Waals surface area contributed by atoms with Crippen LogP contribution in [0.1, 0.15) is 12.8 Å². The van der Waals surface area contributed by atoms with Gasteiger partial charge in [-0.1, -0.05) is 0 Å². The maximum Gasteiger partial charge on any atom is 0.245 e. The number of hydrazine groups is 1. The van der Waals surface area contributed by atoms with Crippen LogP contribution in [0.25, 0.3) is 0 Å². The summed E-state index contributed by atoms with van der Waals surface area (Å²) >= 11 is 0. The van der Waals surface area contributed by atoms with Crippen LogP contribution in [0.5, 0.6) is 5.75 Å².